The van der Waals surface area contributed by atoms with Gasteiger partial charge in [-0.05, 0) is 75.4 Å². The third-order valence-corrected chi connectivity index (χ3v) is 8.60. The standard InChI is InChI=1S/C27H26BrNO4S/c1-32-23-12-8-20(9-13-23)26(21-10-14-24(33-2)15-11-21)27(28)22-16-18-29(19-17-22)34(30,31)25-6-4-3-5-7-25/h3-16H,17-19H2,1-2H3. The molecule has 0 atom stereocenters. The van der Waals surface area contributed by atoms with Crippen molar-refractivity contribution < 1.29 is 17.9 Å². The van der Waals surface area contributed by atoms with Crippen molar-refractivity contribution in [2.75, 3.05) is 27.3 Å². The first-order chi connectivity index (χ1) is 16.4. The van der Waals surface area contributed by atoms with E-state index in [1.54, 1.807) is 38.5 Å². The minimum atomic E-state index is -3.52. The lowest BCUT2D eigenvalue weighted by atomic mass is 9.94. The molecular weight excluding hydrogens is 514 g/mol. The van der Waals surface area contributed by atoms with Gasteiger partial charge in [0.25, 0.3) is 0 Å². The van der Waals surface area contributed by atoms with Gasteiger partial charge in [-0.3, -0.25) is 0 Å². The van der Waals surface area contributed by atoms with Gasteiger partial charge >= 0.3 is 0 Å². The van der Waals surface area contributed by atoms with Crippen LogP contribution in [-0.2, 0) is 10.0 Å². The van der Waals surface area contributed by atoms with Gasteiger partial charge in [-0.25, -0.2) is 8.42 Å². The molecule has 0 unspecified atom stereocenters. The number of nitrogens with zero attached hydrogens (tertiary/aromatic N) is 1. The Balaban J connectivity index is 1.70. The Morgan fingerprint density at radius 1 is 0.824 bits per heavy atom. The number of sulfonamides is 1. The van der Waals surface area contributed by atoms with Crippen molar-refractivity contribution in [2.45, 2.75) is 11.3 Å². The quantitative estimate of drug-likeness (QED) is 0.376. The predicted octanol–water partition coefficient (Wildman–Crippen LogP) is 5.88. The van der Waals surface area contributed by atoms with Gasteiger partial charge in [0.1, 0.15) is 11.5 Å². The van der Waals surface area contributed by atoms with Gasteiger partial charge in [-0.15, -0.1) is 0 Å². The van der Waals surface area contributed by atoms with E-state index < -0.39 is 10.0 Å². The second-order valence-corrected chi connectivity index (χ2v) is 10.5. The summed E-state index contributed by atoms with van der Waals surface area (Å²) in [7, 11) is -0.229. The minimum absolute atomic E-state index is 0.318. The number of hydrogen-bond donors (Lipinski definition) is 0. The monoisotopic (exact) mass is 539 g/mol. The zero-order chi connectivity index (χ0) is 24.1. The van der Waals surface area contributed by atoms with Gasteiger partial charge in [0.15, 0.2) is 0 Å². The highest BCUT2D eigenvalue weighted by Gasteiger charge is 2.27. The smallest absolute Gasteiger partial charge is 0.243 e. The van der Waals surface area contributed by atoms with E-state index >= 15 is 0 Å². The summed E-state index contributed by atoms with van der Waals surface area (Å²) in [6.45, 7) is 0.733. The zero-order valence-corrected chi connectivity index (χ0v) is 21.5. The average Bonchev–Trinajstić information content (AvgIpc) is 2.90. The van der Waals surface area contributed by atoms with Crippen LogP contribution in [0, 0.1) is 0 Å². The van der Waals surface area contributed by atoms with Crippen LogP contribution in [0.2, 0.25) is 0 Å². The van der Waals surface area contributed by atoms with Crippen molar-refractivity contribution in [2.24, 2.45) is 0 Å². The third kappa shape index (κ3) is 5.12. The second kappa shape index (κ2) is 10.6. The molecule has 0 fully saturated rings. The van der Waals surface area contributed by atoms with Crippen LogP contribution in [0.5, 0.6) is 11.5 Å². The molecule has 3 aromatic carbocycles. The highest BCUT2D eigenvalue weighted by molar-refractivity contribution is 9.12. The molecule has 0 N–H and O–H groups in total. The fourth-order valence-corrected chi connectivity index (χ4v) is 6.13. The highest BCUT2D eigenvalue weighted by atomic mass is 79.9. The SMILES string of the molecule is COc1ccc(C(=C(Br)C2=CCN(S(=O)(=O)c3ccccc3)CC2)c2ccc(OC)cc2)cc1. The zero-order valence-electron chi connectivity index (χ0n) is 19.1. The first kappa shape index (κ1) is 24.3. The summed E-state index contributed by atoms with van der Waals surface area (Å²) in [5.41, 5.74) is 4.15. The van der Waals surface area contributed by atoms with Gasteiger partial charge in [-0.1, -0.05) is 48.5 Å². The van der Waals surface area contributed by atoms with Gasteiger partial charge in [-0.2, -0.15) is 4.31 Å². The van der Waals surface area contributed by atoms with E-state index in [4.69, 9.17) is 9.47 Å². The van der Waals surface area contributed by atoms with E-state index in [9.17, 15) is 8.42 Å². The molecule has 0 aliphatic carbocycles. The van der Waals surface area contributed by atoms with Crippen LogP contribution in [0.15, 0.2) is 99.9 Å². The molecule has 5 nitrogen and oxygen atoms in total. The molecule has 0 radical (unpaired) electrons. The number of hydrogen-bond acceptors (Lipinski definition) is 4. The van der Waals surface area contributed by atoms with E-state index in [1.165, 1.54) is 4.31 Å². The second-order valence-electron chi connectivity index (χ2n) is 7.80. The summed E-state index contributed by atoms with van der Waals surface area (Å²) in [6, 6.07) is 24.4. The van der Waals surface area contributed by atoms with Crippen LogP contribution < -0.4 is 9.47 Å². The van der Waals surface area contributed by atoms with Crippen molar-refractivity contribution in [1.82, 2.24) is 4.31 Å². The predicted molar refractivity (Wildman–Crippen MR) is 139 cm³/mol. The molecule has 7 heteroatoms. The average molecular weight is 540 g/mol. The van der Waals surface area contributed by atoms with Crippen LogP contribution >= 0.6 is 15.9 Å². The minimum Gasteiger partial charge on any atom is -0.497 e. The lowest BCUT2D eigenvalue weighted by Crippen LogP contribution is -2.35. The number of methoxy groups -OCH3 is 2. The van der Waals surface area contributed by atoms with Gasteiger partial charge in [0.2, 0.25) is 10.0 Å². The molecule has 1 heterocycles. The van der Waals surface area contributed by atoms with E-state index in [1.807, 2.05) is 60.7 Å². The van der Waals surface area contributed by atoms with Crippen LogP contribution in [0.4, 0.5) is 0 Å². The first-order valence-corrected chi connectivity index (χ1v) is 13.1. The Morgan fingerprint density at radius 2 is 1.35 bits per heavy atom. The maximum atomic E-state index is 13.0. The molecule has 4 rings (SSSR count). The fraction of sp³-hybridized carbons (Fsp3) is 0.185. The van der Waals surface area contributed by atoms with Crippen LogP contribution in [-0.4, -0.2) is 40.0 Å². The number of benzene rings is 3. The summed E-state index contributed by atoms with van der Waals surface area (Å²) < 4.78 is 39.1. The molecule has 0 bridgehead atoms. The van der Waals surface area contributed by atoms with Crippen molar-refractivity contribution in [3.63, 3.8) is 0 Å². The third-order valence-electron chi connectivity index (χ3n) is 5.81. The van der Waals surface area contributed by atoms with Crippen molar-refractivity contribution >= 4 is 31.5 Å². The Kier molecular flexibility index (Phi) is 7.56. The van der Waals surface area contributed by atoms with Crippen molar-refractivity contribution in [3.05, 3.63) is 106 Å². The number of allylic oxidation sites excluding steroid dienone is 1. The molecule has 0 saturated heterocycles. The van der Waals surface area contributed by atoms with Gasteiger partial charge in [0.05, 0.1) is 19.1 Å². The lowest BCUT2D eigenvalue weighted by Gasteiger charge is -2.26. The summed E-state index contributed by atoms with van der Waals surface area (Å²) in [5, 5.41) is 0. The lowest BCUT2D eigenvalue weighted by molar-refractivity contribution is 0.414. The highest BCUT2D eigenvalue weighted by Crippen LogP contribution is 2.37. The topological polar surface area (TPSA) is 55.8 Å². The summed E-state index contributed by atoms with van der Waals surface area (Å²) in [5.74, 6) is 1.57. The van der Waals surface area contributed by atoms with Gasteiger partial charge < -0.3 is 9.47 Å². The molecule has 0 saturated carbocycles. The van der Waals surface area contributed by atoms with Crippen LogP contribution in [0.3, 0.4) is 0 Å². The number of ether oxygens (including phenoxy) is 2. The van der Waals surface area contributed by atoms with E-state index in [0.717, 1.165) is 38.3 Å². The Bertz CT molecular complexity index is 1250. The van der Waals surface area contributed by atoms with E-state index in [-0.39, 0.29) is 0 Å². The molecule has 0 amide bonds. The Hall–Kier alpha value is -2.87. The molecule has 0 spiro atoms. The number of halogens is 1. The molecule has 176 valence electrons. The molecular formula is C27H26BrNO4S. The Labute approximate surface area is 209 Å². The van der Waals surface area contributed by atoms with Crippen LogP contribution in [0.1, 0.15) is 17.5 Å². The van der Waals surface area contributed by atoms with E-state index in [0.29, 0.717) is 24.4 Å². The summed E-state index contributed by atoms with van der Waals surface area (Å²) >= 11 is 3.85. The molecule has 0 aromatic heterocycles. The maximum Gasteiger partial charge on any atom is 0.243 e. The molecule has 3 aromatic rings. The van der Waals surface area contributed by atoms with E-state index in [2.05, 4.69) is 15.9 Å². The molecule has 1 aliphatic heterocycles. The first-order valence-electron chi connectivity index (χ1n) is 10.9. The maximum absolute atomic E-state index is 13.0. The summed E-state index contributed by atoms with van der Waals surface area (Å²) in [6.07, 6.45) is 2.59. The number of rotatable bonds is 7. The van der Waals surface area contributed by atoms with Crippen LogP contribution in [0.25, 0.3) is 5.57 Å². The molecule has 1 aliphatic rings. The molecule has 34 heavy (non-hydrogen) atoms. The Morgan fingerprint density at radius 3 is 1.79 bits per heavy atom. The normalized spacial score (nSPS) is 14.3. The van der Waals surface area contributed by atoms with Crippen molar-refractivity contribution in [1.29, 1.82) is 0 Å². The van der Waals surface area contributed by atoms with Crippen molar-refractivity contribution in [3.8, 4) is 11.5 Å². The fourth-order valence-electron chi connectivity index (χ4n) is 3.91. The summed E-state index contributed by atoms with van der Waals surface area (Å²) in [4.78, 5) is 0.318. The van der Waals surface area contributed by atoms with Gasteiger partial charge in [0, 0.05) is 23.1 Å². The largest absolute Gasteiger partial charge is 0.497 e.